The minimum absolute atomic E-state index is 0.0107. The van der Waals surface area contributed by atoms with Gasteiger partial charge in [0.25, 0.3) is 11.6 Å². The highest BCUT2D eigenvalue weighted by Crippen LogP contribution is 2.29. The Balaban J connectivity index is 2.00. The predicted octanol–water partition coefficient (Wildman–Crippen LogP) is 6.30. The summed E-state index contributed by atoms with van der Waals surface area (Å²) in [5.74, 6) is -0.157. The predicted molar refractivity (Wildman–Crippen MR) is 123 cm³/mol. The third kappa shape index (κ3) is 5.18. The Labute approximate surface area is 183 Å². The summed E-state index contributed by atoms with van der Waals surface area (Å²) in [6.07, 6.45) is 0. The molecule has 3 aromatic carbocycles. The molecule has 0 spiro atoms. The number of carbonyl (C=O) groups excluding carboxylic acids is 1. The van der Waals surface area contributed by atoms with Crippen molar-refractivity contribution in [2.75, 3.05) is 0 Å². The van der Waals surface area contributed by atoms with E-state index in [-0.39, 0.29) is 29.6 Å². The van der Waals surface area contributed by atoms with Gasteiger partial charge in [-0.15, -0.1) is 0 Å². The van der Waals surface area contributed by atoms with E-state index in [1.165, 1.54) is 6.07 Å². The molecule has 0 aliphatic rings. The van der Waals surface area contributed by atoms with Crippen LogP contribution in [-0.4, -0.2) is 15.7 Å². The second kappa shape index (κ2) is 9.13. The van der Waals surface area contributed by atoms with Gasteiger partial charge in [0.1, 0.15) is 0 Å². The summed E-state index contributed by atoms with van der Waals surface area (Å²) in [6.45, 7) is 8.48. The van der Waals surface area contributed by atoms with Crippen LogP contribution in [0.2, 0.25) is 0 Å². The first-order valence-electron chi connectivity index (χ1n) is 10.4. The van der Waals surface area contributed by atoms with Gasteiger partial charge in [0.05, 0.1) is 17.5 Å². The van der Waals surface area contributed by atoms with E-state index in [1.54, 1.807) is 23.1 Å². The van der Waals surface area contributed by atoms with Gasteiger partial charge in [0.2, 0.25) is 0 Å². The van der Waals surface area contributed by atoms with Crippen molar-refractivity contribution in [2.24, 2.45) is 0 Å². The Morgan fingerprint density at radius 3 is 2.10 bits per heavy atom. The van der Waals surface area contributed by atoms with Crippen LogP contribution in [0, 0.1) is 10.1 Å². The molecular formula is C26H28N2O3. The van der Waals surface area contributed by atoms with Crippen LogP contribution in [-0.2, 0) is 12.0 Å². The molecular weight excluding hydrogens is 388 g/mol. The van der Waals surface area contributed by atoms with Gasteiger partial charge in [0, 0.05) is 17.2 Å². The number of hydrogen-bond donors (Lipinski definition) is 0. The van der Waals surface area contributed by atoms with Gasteiger partial charge in [-0.3, -0.25) is 14.9 Å². The van der Waals surface area contributed by atoms with Crippen LogP contribution in [0.25, 0.3) is 0 Å². The molecule has 5 heteroatoms. The fraction of sp³-hybridized carbons (Fsp3) is 0.269. The number of carbonyl (C=O) groups is 1. The monoisotopic (exact) mass is 416 g/mol. The molecule has 3 rings (SSSR count). The summed E-state index contributed by atoms with van der Waals surface area (Å²) < 4.78 is 0. The lowest BCUT2D eigenvalue weighted by Crippen LogP contribution is -2.33. The molecule has 0 aliphatic heterocycles. The lowest BCUT2D eigenvalue weighted by Gasteiger charge is -2.30. The van der Waals surface area contributed by atoms with Crippen molar-refractivity contribution in [3.63, 3.8) is 0 Å². The van der Waals surface area contributed by atoms with E-state index < -0.39 is 4.92 Å². The summed E-state index contributed by atoms with van der Waals surface area (Å²) in [6, 6.07) is 23.7. The van der Waals surface area contributed by atoms with Crippen molar-refractivity contribution in [1.29, 1.82) is 0 Å². The van der Waals surface area contributed by atoms with Crippen molar-refractivity contribution in [3.8, 4) is 0 Å². The van der Waals surface area contributed by atoms with E-state index in [1.807, 2.05) is 61.5 Å². The Morgan fingerprint density at radius 2 is 1.52 bits per heavy atom. The largest absolute Gasteiger partial charge is 0.327 e. The fourth-order valence-electron chi connectivity index (χ4n) is 3.58. The fourth-order valence-corrected chi connectivity index (χ4v) is 3.58. The minimum Gasteiger partial charge on any atom is -0.327 e. The first-order chi connectivity index (χ1) is 14.7. The molecule has 31 heavy (non-hydrogen) atoms. The number of benzene rings is 3. The van der Waals surface area contributed by atoms with Crippen molar-refractivity contribution in [2.45, 2.75) is 45.7 Å². The summed E-state index contributed by atoms with van der Waals surface area (Å²) in [5, 5.41) is 11.5. The number of nitrogens with zero attached hydrogens (tertiary/aromatic N) is 2. The first kappa shape index (κ1) is 22.2. The van der Waals surface area contributed by atoms with E-state index in [2.05, 4.69) is 20.8 Å². The molecule has 0 bridgehead atoms. The lowest BCUT2D eigenvalue weighted by molar-refractivity contribution is -0.385. The lowest BCUT2D eigenvalue weighted by atomic mass is 9.86. The van der Waals surface area contributed by atoms with Gasteiger partial charge in [-0.2, -0.15) is 0 Å². The maximum atomic E-state index is 13.6. The Kier molecular flexibility index (Phi) is 6.54. The molecule has 0 fully saturated rings. The minimum atomic E-state index is -0.400. The summed E-state index contributed by atoms with van der Waals surface area (Å²) >= 11 is 0. The van der Waals surface area contributed by atoms with Crippen LogP contribution in [0.1, 0.15) is 60.8 Å². The second-order valence-electron chi connectivity index (χ2n) is 8.73. The smallest absolute Gasteiger partial charge is 0.274 e. The van der Waals surface area contributed by atoms with Crippen LogP contribution in [0.15, 0.2) is 78.9 Å². The highest BCUT2D eigenvalue weighted by Gasteiger charge is 2.26. The summed E-state index contributed by atoms with van der Waals surface area (Å²) in [7, 11) is 0. The Hall–Kier alpha value is -3.47. The van der Waals surface area contributed by atoms with Crippen LogP contribution in [0.3, 0.4) is 0 Å². The van der Waals surface area contributed by atoms with E-state index in [0.717, 1.165) is 11.1 Å². The van der Waals surface area contributed by atoms with E-state index in [0.29, 0.717) is 11.1 Å². The van der Waals surface area contributed by atoms with Crippen LogP contribution in [0.4, 0.5) is 5.69 Å². The number of rotatable bonds is 6. The van der Waals surface area contributed by atoms with Crippen molar-refractivity contribution in [3.05, 3.63) is 111 Å². The zero-order valence-electron chi connectivity index (χ0n) is 18.4. The van der Waals surface area contributed by atoms with Gasteiger partial charge in [0.15, 0.2) is 0 Å². The molecule has 0 radical (unpaired) electrons. The second-order valence-corrected chi connectivity index (χ2v) is 8.73. The molecule has 160 valence electrons. The molecule has 0 aromatic heterocycles. The number of nitro groups is 1. The molecule has 5 nitrogen and oxygen atoms in total. The molecule has 1 atom stereocenters. The molecule has 1 unspecified atom stereocenters. The molecule has 1 amide bonds. The Morgan fingerprint density at radius 1 is 0.935 bits per heavy atom. The number of nitro benzene ring substituents is 1. The Bertz CT molecular complexity index is 1050. The summed E-state index contributed by atoms with van der Waals surface area (Å²) in [4.78, 5) is 26.4. The molecule has 0 aliphatic carbocycles. The topological polar surface area (TPSA) is 63.4 Å². The van der Waals surface area contributed by atoms with Gasteiger partial charge in [-0.1, -0.05) is 81.4 Å². The van der Waals surface area contributed by atoms with E-state index in [9.17, 15) is 14.9 Å². The van der Waals surface area contributed by atoms with Crippen molar-refractivity contribution in [1.82, 2.24) is 4.90 Å². The van der Waals surface area contributed by atoms with E-state index >= 15 is 0 Å². The molecule has 0 N–H and O–H groups in total. The average molecular weight is 417 g/mol. The average Bonchev–Trinajstić information content (AvgIpc) is 2.77. The van der Waals surface area contributed by atoms with Crippen molar-refractivity contribution < 1.29 is 9.72 Å². The number of para-hydroxylation sites is 1. The highest BCUT2D eigenvalue weighted by atomic mass is 16.6. The maximum Gasteiger partial charge on any atom is 0.274 e. The van der Waals surface area contributed by atoms with Gasteiger partial charge in [-0.25, -0.2) is 0 Å². The van der Waals surface area contributed by atoms with Crippen LogP contribution >= 0.6 is 0 Å². The number of amides is 1. The first-order valence-corrected chi connectivity index (χ1v) is 10.4. The quantitative estimate of drug-likeness (QED) is 0.350. The van der Waals surface area contributed by atoms with Gasteiger partial charge < -0.3 is 4.90 Å². The van der Waals surface area contributed by atoms with Crippen molar-refractivity contribution >= 4 is 11.6 Å². The SMILES string of the molecule is CC(c1ccccc1)N(Cc1ccccc1[N+](=O)[O-])C(=O)c1ccc(C(C)(C)C)cc1. The van der Waals surface area contributed by atoms with Gasteiger partial charge >= 0.3 is 0 Å². The normalized spacial score (nSPS) is 12.3. The standard InChI is InChI=1S/C26H28N2O3/c1-19(20-10-6-5-7-11-20)27(18-22-12-8-9-13-24(22)28(30)31)25(29)21-14-16-23(17-15-21)26(2,3)4/h5-17,19H,18H2,1-4H3. The van der Waals surface area contributed by atoms with Gasteiger partial charge in [-0.05, 0) is 35.6 Å². The third-order valence-electron chi connectivity index (χ3n) is 5.54. The molecule has 3 aromatic rings. The van der Waals surface area contributed by atoms with E-state index in [4.69, 9.17) is 0 Å². The zero-order chi connectivity index (χ0) is 22.6. The molecule has 0 heterocycles. The number of hydrogen-bond acceptors (Lipinski definition) is 3. The van der Waals surface area contributed by atoms with Crippen LogP contribution in [0.5, 0.6) is 0 Å². The third-order valence-corrected chi connectivity index (χ3v) is 5.54. The van der Waals surface area contributed by atoms with Crippen LogP contribution < -0.4 is 0 Å². The maximum absolute atomic E-state index is 13.6. The molecule has 0 saturated heterocycles. The summed E-state index contributed by atoms with van der Waals surface area (Å²) in [5.41, 5.74) is 3.20. The highest BCUT2D eigenvalue weighted by molar-refractivity contribution is 5.94. The molecule has 0 saturated carbocycles. The zero-order valence-corrected chi connectivity index (χ0v) is 18.4.